The van der Waals surface area contributed by atoms with Crippen LogP contribution in [0.3, 0.4) is 0 Å². The van der Waals surface area contributed by atoms with Crippen LogP contribution in [0, 0.1) is 5.82 Å². The molecule has 1 aromatic heterocycles. The maximum Gasteiger partial charge on any atom is 0.412 e. The average Bonchev–Trinajstić information content (AvgIpc) is 3.17. The molecular weight excluding hydrogens is 429 g/mol. The Labute approximate surface area is 183 Å². The maximum atomic E-state index is 14.3. The predicted octanol–water partition coefficient (Wildman–Crippen LogP) is 3.50. The van der Waals surface area contributed by atoms with Gasteiger partial charge in [-0.1, -0.05) is 13.8 Å². The van der Waals surface area contributed by atoms with Gasteiger partial charge in [-0.3, -0.25) is 10.1 Å². The molecule has 11 heteroatoms. The highest BCUT2D eigenvalue weighted by atomic mass is 32.1. The average molecular weight is 456 g/mol. The van der Waals surface area contributed by atoms with Gasteiger partial charge in [0, 0.05) is 10.9 Å². The number of carboxylic acid groups (broad SMARTS) is 1. The minimum absolute atomic E-state index is 0.0685. The van der Waals surface area contributed by atoms with Crippen LogP contribution < -0.4 is 10.6 Å². The number of amides is 2. The SMILES string of the molecule is CC.CC(C)(C)OC(=O)Nc1ccc(-c2nc(C(=O)NC(CO)C(=O)O)cs2)cc1F. The predicted molar refractivity (Wildman–Crippen MR) is 115 cm³/mol. The fourth-order valence-electron chi connectivity index (χ4n) is 2.09. The molecular formula is C20H26FN3O6S. The van der Waals surface area contributed by atoms with Gasteiger partial charge in [0.1, 0.15) is 22.1 Å². The summed E-state index contributed by atoms with van der Waals surface area (Å²) in [5, 5.41) is 24.0. The van der Waals surface area contributed by atoms with E-state index in [0.29, 0.717) is 10.6 Å². The maximum absolute atomic E-state index is 14.3. The van der Waals surface area contributed by atoms with E-state index in [0.717, 1.165) is 17.4 Å². The van der Waals surface area contributed by atoms with Crippen molar-refractivity contribution in [2.45, 2.75) is 46.3 Å². The molecule has 4 N–H and O–H groups in total. The smallest absolute Gasteiger partial charge is 0.412 e. The minimum Gasteiger partial charge on any atom is -0.480 e. The van der Waals surface area contributed by atoms with Crippen molar-refractivity contribution in [1.82, 2.24) is 10.3 Å². The van der Waals surface area contributed by atoms with Gasteiger partial charge < -0.3 is 20.3 Å². The van der Waals surface area contributed by atoms with Gasteiger partial charge in [-0.2, -0.15) is 0 Å². The Balaban J connectivity index is 0.00000233. The first kappa shape index (κ1) is 26.0. The van der Waals surface area contributed by atoms with Crippen molar-refractivity contribution >= 4 is 35.0 Å². The number of benzene rings is 1. The van der Waals surface area contributed by atoms with E-state index >= 15 is 0 Å². The number of aliphatic hydroxyl groups is 1. The molecule has 2 rings (SSSR count). The lowest BCUT2D eigenvalue weighted by Gasteiger charge is -2.19. The minimum atomic E-state index is -1.46. The molecule has 0 bridgehead atoms. The van der Waals surface area contributed by atoms with Crippen LogP contribution in [-0.2, 0) is 9.53 Å². The summed E-state index contributed by atoms with van der Waals surface area (Å²) in [6, 6.07) is 2.52. The van der Waals surface area contributed by atoms with Gasteiger partial charge in [0.05, 0.1) is 12.3 Å². The van der Waals surface area contributed by atoms with E-state index in [4.69, 9.17) is 14.9 Å². The number of thiazole rings is 1. The summed E-state index contributed by atoms with van der Waals surface area (Å²) in [5.74, 6) is -2.88. The third-order valence-electron chi connectivity index (χ3n) is 3.37. The highest BCUT2D eigenvalue weighted by Gasteiger charge is 2.22. The molecule has 0 fully saturated rings. The summed E-state index contributed by atoms with van der Waals surface area (Å²) >= 11 is 1.05. The number of aromatic nitrogens is 1. The van der Waals surface area contributed by atoms with Gasteiger partial charge in [-0.25, -0.2) is 19.0 Å². The fourth-order valence-corrected chi connectivity index (χ4v) is 2.89. The molecule has 9 nitrogen and oxygen atoms in total. The molecule has 0 saturated heterocycles. The lowest BCUT2D eigenvalue weighted by atomic mass is 10.2. The van der Waals surface area contributed by atoms with Gasteiger partial charge in [-0.15, -0.1) is 11.3 Å². The largest absolute Gasteiger partial charge is 0.480 e. The first-order chi connectivity index (χ1) is 14.5. The fraction of sp³-hybridized carbons (Fsp3) is 0.400. The van der Waals surface area contributed by atoms with Gasteiger partial charge in [0.2, 0.25) is 0 Å². The standard InChI is InChI=1S/C18H20FN3O6S.C2H6/c1-18(2,3)28-17(27)22-11-5-4-9(6-10(11)19)15-21-13(8-29-15)14(24)20-12(7-23)16(25)26;1-2/h4-6,8,12,23H,7H2,1-3H3,(H,20,24)(H,22,27)(H,25,26);1-2H3. The van der Waals surface area contributed by atoms with E-state index < -0.39 is 42.0 Å². The number of anilines is 1. The third-order valence-corrected chi connectivity index (χ3v) is 4.27. The Kier molecular flexibility index (Phi) is 9.53. The van der Waals surface area contributed by atoms with Gasteiger partial charge >= 0.3 is 12.1 Å². The van der Waals surface area contributed by atoms with Crippen molar-refractivity contribution in [2.24, 2.45) is 0 Å². The quantitative estimate of drug-likeness (QED) is 0.523. The third kappa shape index (κ3) is 7.95. The molecule has 2 aromatic rings. The molecule has 31 heavy (non-hydrogen) atoms. The molecule has 1 aromatic carbocycles. The van der Waals surface area contributed by atoms with E-state index in [1.165, 1.54) is 17.5 Å². The summed E-state index contributed by atoms with van der Waals surface area (Å²) in [6.45, 7) is 8.28. The molecule has 1 heterocycles. The number of nitrogens with zero attached hydrogens (tertiary/aromatic N) is 1. The highest BCUT2D eigenvalue weighted by Crippen LogP contribution is 2.27. The summed E-state index contributed by atoms with van der Waals surface area (Å²) in [7, 11) is 0. The van der Waals surface area contributed by atoms with E-state index in [2.05, 4.69) is 15.6 Å². The number of halogens is 1. The zero-order valence-corrected chi connectivity index (χ0v) is 18.7. The Bertz CT molecular complexity index is 926. The van der Waals surface area contributed by atoms with Crippen LogP contribution >= 0.6 is 11.3 Å². The van der Waals surface area contributed by atoms with Crippen molar-refractivity contribution in [2.75, 3.05) is 11.9 Å². The second-order valence-electron chi connectivity index (χ2n) is 6.91. The van der Waals surface area contributed by atoms with Crippen LogP contribution in [-0.4, -0.2) is 51.4 Å². The van der Waals surface area contributed by atoms with Crippen molar-refractivity contribution in [3.63, 3.8) is 0 Å². The van der Waals surface area contributed by atoms with Crippen LogP contribution in [0.15, 0.2) is 23.6 Å². The molecule has 0 radical (unpaired) electrons. The van der Waals surface area contributed by atoms with Gasteiger partial charge in [-0.05, 0) is 39.0 Å². The van der Waals surface area contributed by atoms with Crippen LogP contribution in [0.1, 0.15) is 45.1 Å². The number of carbonyl (C=O) groups is 3. The molecule has 2 amide bonds. The molecule has 0 spiro atoms. The monoisotopic (exact) mass is 455 g/mol. The molecule has 170 valence electrons. The summed E-state index contributed by atoms with van der Waals surface area (Å²) in [4.78, 5) is 38.7. The van der Waals surface area contributed by atoms with Crippen molar-refractivity contribution in [1.29, 1.82) is 0 Å². The Morgan fingerprint density at radius 1 is 1.26 bits per heavy atom. The molecule has 1 atom stereocenters. The lowest BCUT2D eigenvalue weighted by molar-refractivity contribution is -0.140. The number of rotatable bonds is 6. The Morgan fingerprint density at radius 2 is 1.90 bits per heavy atom. The zero-order chi connectivity index (χ0) is 23.8. The van der Waals surface area contributed by atoms with Crippen LogP contribution in [0.5, 0.6) is 0 Å². The number of ether oxygens (including phenoxy) is 1. The van der Waals surface area contributed by atoms with Crippen LogP contribution in [0.2, 0.25) is 0 Å². The van der Waals surface area contributed by atoms with Crippen molar-refractivity contribution in [3.05, 3.63) is 35.1 Å². The second kappa shape index (κ2) is 11.4. The Morgan fingerprint density at radius 3 is 2.42 bits per heavy atom. The summed E-state index contributed by atoms with van der Waals surface area (Å²) in [5.41, 5.74) is -0.516. The number of carbonyl (C=O) groups excluding carboxylic acids is 2. The van der Waals surface area contributed by atoms with E-state index in [-0.39, 0.29) is 11.4 Å². The van der Waals surface area contributed by atoms with Crippen LogP contribution in [0.25, 0.3) is 10.6 Å². The first-order valence-electron chi connectivity index (χ1n) is 9.40. The number of nitrogens with one attached hydrogen (secondary N) is 2. The summed E-state index contributed by atoms with van der Waals surface area (Å²) in [6.07, 6.45) is -0.797. The van der Waals surface area contributed by atoms with Crippen LogP contribution in [0.4, 0.5) is 14.9 Å². The lowest BCUT2D eigenvalue weighted by Crippen LogP contribution is -2.43. The second-order valence-corrected chi connectivity index (χ2v) is 7.76. The first-order valence-corrected chi connectivity index (χ1v) is 10.3. The number of aliphatic hydroxyl groups excluding tert-OH is 1. The number of hydrogen-bond acceptors (Lipinski definition) is 7. The summed E-state index contributed by atoms with van der Waals surface area (Å²) < 4.78 is 19.4. The van der Waals surface area contributed by atoms with Crippen molar-refractivity contribution in [3.8, 4) is 10.6 Å². The number of carboxylic acids is 1. The van der Waals surface area contributed by atoms with E-state index in [9.17, 15) is 18.8 Å². The molecule has 0 aliphatic rings. The topological polar surface area (TPSA) is 138 Å². The molecule has 0 aliphatic carbocycles. The van der Waals surface area contributed by atoms with E-state index in [1.807, 2.05) is 13.8 Å². The van der Waals surface area contributed by atoms with Gasteiger partial charge in [0.25, 0.3) is 5.91 Å². The molecule has 0 aliphatic heterocycles. The highest BCUT2D eigenvalue weighted by molar-refractivity contribution is 7.13. The number of aliphatic carboxylic acids is 1. The zero-order valence-electron chi connectivity index (χ0n) is 17.9. The number of hydrogen-bond donors (Lipinski definition) is 4. The van der Waals surface area contributed by atoms with E-state index in [1.54, 1.807) is 20.8 Å². The Hall–Kier alpha value is -3.05. The molecule has 0 saturated carbocycles. The van der Waals surface area contributed by atoms with Crippen molar-refractivity contribution < 1.29 is 33.7 Å². The van der Waals surface area contributed by atoms with Gasteiger partial charge in [0.15, 0.2) is 6.04 Å². The molecule has 1 unspecified atom stereocenters. The normalized spacial score (nSPS) is 11.6.